The van der Waals surface area contributed by atoms with Crippen molar-refractivity contribution in [2.24, 2.45) is 0 Å². The Kier molecular flexibility index (Phi) is 6.38. The van der Waals surface area contributed by atoms with Gasteiger partial charge in [-0.15, -0.1) is 11.6 Å². The van der Waals surface area contributed by atoms with E-state index < -0.39 is 48.6 Å². The second-order valence-electron chi connectivity index (χ2n) is 4.44. The summed E-state index contributed by atoms with van der Waals surface area (Å²) >= 11 is 5.70. The van der Waals surface area contributed by atoms with E-state index >= 15 is 0 Å². The Balaban J connectivity index is 3.08. The zero-order chi connectivity index (χ0) is 16.2. The largest absolute Gasteiger partial charge is 0.456 e. The van der Waals surface area contributed by atoms with E-state index in [4.69, 9.17) is 30.5 Å². The van der Waals surface area contributed by atoms with Crippen molar-refractivity contribution in [2.75, 3.05) is 5.88 Å². The Labute approximate surface area is 126 Å². The van der Waals surface area contributed by atoms with Crippen molar-refractivity contribution in [3.05, 3.63) is 0 Å². The van der Waals surface area contributed by atoms with Crippen LogP contribution < -0.4 is 0 Å². The van der Waals surface area contributed by atoms with Gasteiger partial charge >= 0.3 is 17.9 Å². The molecule has 0 radical (unpaired) electrons. The molecule has 1 heterocycles. The predicted molar refractivity (Wildman–Crippen MR) is 68.3 cm³/mol. The van der Waals surface area contributed by atoms with Crippen molar-refractivity contribution < 1.29 is 38.4 Å². The van der Waals surface area contributed by atoms with Gasteiger partial charge in [0.05, 0.1) is 5.88 Å². The minimum atomic E-state index is -1.56. The van der Waals surface area contributed by atoms with Gasteiger partial charge in [-0.2, -0.15) is 0 Å². The summed E-state index contributed by atoms with van der Waals surface area (Å²) in [5.41, 5.74) is 0. The van der Waals surface area contributed by atoms with Gasteiger partial charge < -0.3 is 24.1 Å². The minimum absolute atomic E-state index is 0.125. The zero-order valence-corrected chi connectivity index (χ0v) is 12.5. The molecule has 0 aliphatic carbocycles. The summed E-state index contributed by atoms with van der Waals surface area (Å²) in [5, 5.41) is 9.86. The quantitative estimate of drug-likeness (QED) is 0.428. The van der Waals surface area contributed by atoms with Crippen LogP contribution in [0.25, 0.3) is 0 Å². The Bertz CT molecular complexity index is 412. The zero-order valence-electron chi connectivity index (χ0n) is 11.8. The van der Waals surface area contributed by atoms with Crippen LogP contribution in [0.2, 0.25) is 0 Å². The average molecular weight is 325 g/mol. The van der Waals surface area contributed by atoms with Crippen molar-refractivity contribution in [2.45, 2.75) is 51.5 Å². The number of hydrogen-bond donors (Lipinski definition) is 1. The third-order valence-corrected chi connectivity index (χ3v) is 2.97. The smallest absolute Gasteiger partial charge is 0.303 e. The van der Waals surface area contributed by atoms with E-state index in [2.05, 4.69) is 0 Å². The van der Waals surface area contributed by atoms with E-state index in [1.165, 1.54) is 0 Å². The molecule has 0 aromatic carbocycles. The molecule has 1 N–H and O–H groups in total. The number of aliphatic hydroxyl groups excluding tert-OH is 1. The maximum Gasteiger partial charge on any atom is 0.303 e. The van der Waals surface area contributed by atoms with Gasteiger partial charge in [-0.25, -0.2) is 0 Å². The van der Waals surface area contributed by atoms with Crippen LogP contribution in [-0.4, -0.2) is 59.6 Å². The molecule has 1 fully saturated rings. The van der Waals surface area contributed by atoms with E-state index in [9.17, 15) is 19.5 Å². The highest BCUT2D eigenvalue weighted by Crippen LogP contribution is 2.28. The molecule has 0 aromatic rings. The van der Waals surface area contributed by atoms with Gasteiger partial charge in [0, 0.05) is 20.8 Å². The summed E-state index contributed by atoms with van der Waals surface area (Å²) in [5.74, 6) is -2.20. The number of rotatable bonds is 4. The number of alkyl halides is 1. The Morgan fingerprint density at radius 2 is 1.38 bits per heavy atom. The Morgan fingerprint density at radius 1 is 0.952 bits per heavy atom. The highest BCUT2D eigenvalue weighted by molar-refractivity contribution is 6.18. The molecule has 5 atom stereocenters. The summed E-state index contributed by atoms with van der Waals surface area (Å²) < 4.78 is 20.1. The van der Waals surface area contributed by atoms with Crippen molar-refractivity contribution in [3.8, 4) is 0 Å². The monoisotopic (exact) mass is 324 g/mol. The highest BCUT2D eigenvalue weighted by atomic mass is 35.5. The molecule has 21 heavy (non-hydrogen) atoms. The molecule has 0 amide bonds. The SMILES string of the molecule is CC(=O)O[C@@H]1[C@H](OC(C)=O)[C@H](CCl)OC(O)[C@@H]1OC(C)=O. The molecule has 0 bridgehead atoms. The fraction of sp³-hybridized carbons (Fsp3) is 0.750. The summed E-state index contributed by atoms with van der Waals surface area (Å²) in [7, 11) is 0. The molecule has 120 valence electrons. The number of esters is 3. The molecule has 1 saturated heterocycles. The third kappa shape index (κ3) is 4.83. The van der Waals surface area contributed by atoms with E-state index in [0.717, 1.165) is 20.8 Å². The van der Waals surface area contributed by atoms with Gasteiger partial charge in [-0.05, 0) is 0 Å². The van der Waals surface area contributed by atoms with Crippen LogP contribution in [0.15, 0.2) is 0 Å². The molecule has 1 rings (SSSR count). The fourth-order valence-corrected chi connectivity index (χ4v) is 2.24. The molecule has 1 aliphatic heterocycles. The van der Waals surface area contributed by atoms with Crippen LogP contribution in [-0.2, 0) is 33.3 Å². The van der Waals surface area contributed by atoms with Crippen LogP contribution in [0.5, 0.6) is 0 Å². The lowest BCUT2D eigenvalue weighted by Gasteiger charge is -2.42. The van der Waals surface area contributed by atoms with Crippen molar-refractivity contribution in [3.63, 3.8) is 0 Å². The molecular weight excluding hydrogens is 308 g/mol. The van der Waals surface area contributed by atoms with Gasteiger partial charge in [0.1, 0.15) is 6.10 Å². The normalized spacial score (nSPS) is 32.1. The van der Waals surface area contributed by atoms with Crippen LogP contribution in [0.3, 0.4) is 0 Å². The second kappa shape index (κ2) is 7.58. The lowest BCUT2D eigenvalue weighted by atomic mass is 9.99. The highest BCUT2D eigenvalue weighted by Gasteiger charge is 2.51. The lowest BCUT2D eigenvalue weighted by Crippen LogP contribution is -2.61. The van der Waals surface area contributed by atoms with Crippen LogP contribution in [0.4, 0.5) is 0 Å². The third-order valence-electron chi connectivity index (χ3n) is 2.67. The topological polar surface area (TPSA) is 108 Å². The summed E-state index contributed by atoms with van der Waals surface area (Å²) in [6.45, 7) is 3.40. The first-order chi connectivity index (χ1) is 9.76. The molecule has 0 spiro atoms. The number of ether oxygens (including phenoxy) is 4. The predicted octanol–water partition coefficient (Wildman–Crippen LogP) is -0.263. The molecule has 0 aromatic heterocycles. The van der Waals surface area contributed by atoms with Gasteiger partial charge in [-0.1, -0.05) is 0 Å². The standard InChI is InChI=1S/C12H17ClO8/c1-5(14)18-9-8(4-13)21-12(17)11(20-7(3)16)10(9)19-6(2)15/h8-12,17H,4H2,1-3H3/t8-,9+,10+,11+,12?/m0/s1. The van der Waals surface area contributed by atoms with Crippen LogP contribution in [0, 0.1) is 0 Å². The average Bonchev–Trinajstić information content (AvgIpc) is 2.35. The molecular formula is C12H17ClO8. The first-order valence-corrected chi connectivity index (χ1v) is 6.70. The fourth-order valence-electron chi connectivity index (χ4n) is 2.00. The molecule has 9 heteroatoms. The van der Waals surface area contributed by atoms with Gasteiger partial charge in [0.2, 0.25) is 0 Å². The lowest BCUT2D eigenvalue weighted by molar-refractivity contribution is -0.287. The van der Waals surface area contributed by atoms with Gasteiger partial charge in [0.25, 0.3) is 0 Å². The number of hydrogen-bond acceptors (Lipinski definition) is 8. The van der Waals surface area contributed by atoms with Crippen molar-refractivity contribution in [1.29, 1.82) is 0 Å². The van der Waals surface area contributed by atoms with Crippen LogP contribution in [0.1, 0.15) is 20.8 Å². The maximum absolute atomic E-state index is 11.2. The van der Waals surface area contributed by atoms with E-state index in [0.29, 0.717) is 0 Å². The molecule has 1 aliphatic rings. The van der Waals surface area contributed by atoms with E-state index in [1.807, 2.05) is 0 Å². The minimum Gasteiger partial charge on any atom is -0.456 e. The molecule has 0 saturated carbocycles. The van der Waals surface area contributed by atoms with Crippen molar-refractivity contribution >= 4 is 29.5 Å². The maximum atomic E-state index is 11.2. The van der Waals surface area contributed by atoms with Crippen LogP contribution >= 0.6 is 11.6 Å². The number of carbonyl (C=O) groups is 3. The molecule has 8 nitrogen and oxygen atoms in total. The van der Waals surface area contributed by atoms with E-state index in [-0.39, 0.29) is 5.88 Å². The number of carbonyl (C=O) groups excluding carboxylic acids is 3. The first-order valence-electron chi connectivity index (χ1n) is 6.17. The summed E-state index contributed by atoms with van der Waals surface area (Å²) in [4.78, 5) is 33.5. The Morgan fingerprint density at radius 3 is 1.81 bits per heavy atom. The van der Waals surface area contributed by atoms with Gasteiger partial charge in [0.15, 0.2) is 24.6 Å². The summed E-state index contributed by atoms with van der Waals surface area (Å²) in [6.07, 6.45) is -6.12. The van der Waals surface area contributed by atoms with Gasteiger partial charge in [-0.3, -0.25) is 14.4 Å². The summed E-state index contributed by atoms with van der Waals surface area (Å²) in [6, 6.07) is 0. The number of halogens is 1. The first kappa shape index (κ1) is 17.7. The van der Waals surface area contributed by atoms with Crippen molar-refractivity contribution in [1.82, 2.24) is 0 Å². The molecule has 1 unspecified atom stereocenters. The Hall–Kier alpha value is -1.38. The number of aliphatic hydroxyl groups is 1. The van der Waals surface area contributed by atoms with E-state index in [1.54, 1.807) is 0 Å². The second-order valence-corrected chi connectivity index (χ2v) is 4.75.